The van der Waals surface area contributed by atoms with Crippen LogP contribution >= 0.6 is 12.2 Å². The third kappa shape index (κ3) is 4.85. The number of anilines is 1. The second-order valence-corrected chi connectivity index (χ2v) is 9.10. The predicted octanol–water partition coefficient (Wildman–Crippen LogP) is 5.32. The van der Waals surface area contributed by atoms with Gasteiger partial charge >= 0.3 is 0 Å². The van der Waals surface area contributed by atoms with Crippen LogP contribution in [-0.4, -0.2) is 32.0 Å². The maximum atomic E-state index is 14.1. The van der Waals surface area contributed by atoms with Crippen molar-refractivity contribution in [2.75, 3.05) is 11.9 Å². The van der Waals surface area contributed by atoms with Crippen molar-refractivity contribution in [3.8, 4) is 5.69 Å². The first kappa shape index (κ1) is 23.7. The first-order valence-electron chi connectivity index (χ1n) is 11.8. The minimum absolute atomic E-state index is 0.0901. The highest BCUT2D eigenvalue weighted by atomic mass is 32.1. The van der Waals surface area contributed by atoms with Crippen LogP contribution in [-0.2, 0) is 4.79 Å². The van der Waals surface area contributed by atoms with Gasteiger partial charge in [0, 0.05) is 42.4 Å². The van der Waals surface area contributed by atoms with Crippen molar-refractivity contribution in [3.05, 3.63) is 114 Å². The molecule has 1 saturated heterocycles. The Bertz CT molecular complexity index is 1390. The van der Waals surface area contributed by atoms with Crippen LogP contribution in [0.1, 0.15) is 35.5 Å². The zero-order valence-electron chi connectivity index (χ0n) is 19.8. The van der Waals surface area contributed by atoms with Crippen molar-refractivity contribution in [2.45, 2.75) is 25.4 Å². The van der Waals surface area contributed by atoms with E-state index < -0.39 is 0 Å². The predicted molar refractivity (Wildman–Crippen MR) is 142 cm³/mol. The van der Waals surface area contributed by atoms with E-state index in [1.54, 1.807) is 12.3 Å². The second kappa shape index (κ2) is 10.3. The Kier molecular flexibility index (Phi) is 6.77. The van der Waals surface area contributed by atoms with E-state index in [0.717, 1.165) is 22.6 Å². The molecule has 1 aliphatic rings. The van der Waals surface area contributed by atoms with E-state index in [9.17, 15) is 9.18 Å². The normalized spacial score (nSPS) is 17.2. The molecule has 1 fully saturated rings. The fraction of sp³-hybridized carbons (Fsp3) is 0.179. The van der Waals surface area contributed by atoms with Gasteiger partial charge in [0.1, 0.15) is 5.82 Å². The molecule has 0 radical (unpaired) electrons. The molecule has 36 heavy (non-hydrogen) atoms. The van der Waals surface area contributed by atoms with Crippen molar-refractivity contribution < 1.29 is 9.18 Å². The molecule has 0 aliphatic carbocycles. The van der Waals surface area contributed by atoms with Gasteiger partial charge in [-0.1, -0.05) is 30.3 Å². The fourth-order valence-electron chi connectivity index (χ4n) is 4.61. The lowest BCUT2D eigenvalue weighted by molar-refractivity contribution is -0.116. The number of hydrogen-bond acceptors (Lipinski definition) is 3. The lowest BCUT2D eigenvalue weighted by Gasteiger charge is -2.29. The van der Waals surface area contributed by atoms with Gasteiger partial charge < -0.3 is 20.1 Å². The highest BCUT2D eigenvalue weighted by Crippen LogP contribution is 2.39. The summed E-state index contributed by atoms with van der Waals surface area (Å²) in [5, 5.41) is 6.95. The fourth-order valence-corrected chi connectivity index (χ4v) is 4.94. The van der Waals surface area contributed by atoms with Crippen molar-refractivity contribution in [3.63, 3.8) is 0 Å². The number of nitrogens with zero attached hydrogens (tertiary/aromatic N) is 3. The number of para-hydroxylation sites is 1. The van der Waals surface area contributed by atoms with Gasteiger partial charge in [-0.3, -0.25) is 9.78 Å². The summed E-state index contributed by atoms with van der Waals surface area (Å²) < 4.78 is 16.0. The Hall–Kier alpha value is -4.04. The minimum Gasteiger partial charge on any atom is -0.352 e. The monoisotopic (exact) mass is 499 g/mol. The Morgan fingerprint density at radius 1 is 1.08 bits per heavy atom. The van der Waals surface area contributed by atoms with Gasteiger partial charge in [-0.05, 0) is 73.2 Å². The Morgan fingerprint density at radius 3 is 2.69 bits per heavy atom. The van der Waals surface area contributed by atoms with Gasteiger partial charge in [0.05, 0.1) is 17.8 Å². The summed E-state index contributed by atoms with van der Waals surface area (Å²) in [7, 11) is 0. The number of aromatic nitrogens is 2. The number of rotatable bonds is 7. The molecular formula is C28H26FN5OS. The SMILES string of the molecule is Cc1ccccc1NC(=O)CCN1C(=S)N[C@H](c2ccccn2)[C@@H]1c1cccn1-c1cccc(F)c1. The number of aryl methyl sites for hydroxylation is 1. The van der Waals surface area contributed by atoms with Gasteiger partial charge in [-0.2, -0.15) is 0 Å². The number of pyridine rings is 1. The zero-order valence-corrected chi connectivity index (χ0v) is 20.6. The van der Waals surface area contributed by atoms with Crippen molar-refractivity contribution in [1.82, 2.24) is 19.8 Å². The molecule has 4 aromatic rings. The molecule has 5 rings (SSSR count). The second-order valence-electron chi connectivity index (χ2n) is 8.72. The highest BCUT2D eigenvalue weighted by molar-refractivity contribution is 7.80. The Morgan fingerprint density at radius 2 is 1.92 bits per heavy atom. The Balaban J connectivity index is 1.45. The molecule has 2 atom stereocenters. The summed E-state index contributed by atoms with van der Waals surface area (Å²) in [5.41, 5.74) is 4.27. The molecule has 0 unspecified atom stereocenters. The van der Waals surface area contributed by atoms with Crippen LogP contribution in [0.15, 0.2) is 91.3 Å². The molecule has 8 heteroatoms. The van der Waals surface area contributed by atoms with E-state index >= 15 is 0 Å². The van der Waals surface area contributed by atoms with Crippen LogP contribution in [0, 0.1) is 12.7 Å². The largest absolute Gasteiger partial charge is 0.352 e. The van der Waals surface area contributed by atoms with Gasteiger partial charge in [0.25, 0.3) is 0 Å². The molecule has 6 nitrogen and oxygen atoms in total. The maximum absolute atomic E-state index is 14.1. The van der Waals surface area contributed by atoms with Gasteiger partial charge in [-0.15, -0.1) is 0 Å². The smallest absolute Gasteiger partial charge is 0.226 e. The van der Waals surface area contributed by atoms with Gasteiger partial charge in [0.15, 0.2) is 5.11 Å². The first-order chi connectivity index (χ1) is 17.5. The summed E-state index contributed by atoms with van der Waals surface area (Å²) in [6.07, 6.45) is 3.91. The summed E-state index contributed by atoms with van der Waals surface area (Å²) in [6, 6.07) is 23.4. The number of carbonyl (C=O) groups excluding carboxylic acids is 1. The summed E-state index contributed by atoms with van der Waals surface area (Å²) in [5.74, 6) is -0.397. The van der Waals surface area contributed by atoms with Crippen LogP contribution in [0.2, 0.25) is 0 Å². The molecule has 0 saturated carbocycles. The average molecular weight is 500 g/mol. The van der Waals surface area contributed by atoms with Gasteiger partial charge in [-0.25, -0.2) is 4.39 Å². The average Bonchev–Trinajstić information content (AvgIpc) is 3.49. The zero-order chi connectivity index (χ0) is 25.1. The molecule has 2 aromatic carbocycles. The van der Waals surface area contributed by atoms with Crippen LogP contribution < -0.4 is 10.6 Å². The molecule has 0 bridgehead atoms. The number of amides is 1. The van der Waals surface area contributed by atoms with E-state index in [1.807, 2.05) is 83.3 Å². The number of benzene rings is 2. The van der Waals surface area contributed by atoms with Crippen molar-refractivity contribution in [1.29, 1.82) is 0 Å². The van der Waals surface area contributed by atoms with E-state index in [-0.39, 0.29) is 30.2 Å². The molecule has 2 aromatic heterocycles. The summed E-state index contributed by atoms with van der Waals surface area (Å²) in [4.78, 5) is 19.4. The molecule has 3 heterocycles. The van der Waals surface area contributed by atoms with Crippen LogP contribution in [0.3, 0.4) is 0 Å². The molecule has 182 valence electrons. The quantitative estimate of drug-likeness (QED) is 0.337. The van der Waals surface area contributed by atoms with Gasteiger partial charge in [0.2, 0.25) is 5.91 Å². The number of hydrogen-bond donors (Lipinski definition) is 2. The number of nitrogens with one attached hydrogen (secondary N) is 2. The highest BCUT2D eigenvalue weighted by Gasteiger charge is 2.41. The van der Waals surface area contributed by atoms with Crippen LogP contribution in [0.25, 0.3) is 5.69 Å². The lowest BCUT2D eigenvalue weighted by Crippen LogP contribution is -2.33. The summed E-state index contributed by atoms with van der Waals surface area (Å²) in [6.45, 7) is 2.37. The van der Waals surface area contributed by atoms with Crippen molar-refractivity contribution in [2.24, 2.45) is 0 Å². The Labute approximate surface area is 214 Å². The van der Waals surface area contributed by atoms with E-state index in [1.165, 1.54) is 12.1 Å². The first-order valence-corrected chi connectivity index (χ1v) is 12.2. The van der Waals surface area contributed by atoms with Crippen molar-refractivity contribution >= 4 is 28.9 Å². The minimum atomic E-state index is -0.307. The topological polar surface area (TPSA) is 62.2 Å². The van der Waals surface area contributed by atoms with Crippen LogP contribution in [0.4, 0.5) is 10.1 Å². The standard InChI is InChI=1S/C28H26FN5OS/c1-19-8-2-3-11-22(19)31-25(35)14-17-34-27(26(32-28(34)36)23-12-4-5-15-30-23)24-13-7-16-33(24)21-10-6-9-20(29)18-21/h2-13,15-16,18,26-27H,14,17H2,1H3,(H,31,35)(H,32,36)/t26-,27+/m1/s1. The maximum Gasteiger partial charge on any atom is 0.226 e. The number of thiocarbonyl (C=S) groups is 1. The molecule has 1 aliphatic heterocycles. The third-order valence-electron chi connectivity index (χ3n) is 6.37. The number of carbonyl (C=O) groups is 1. The van der Waals surface area contributed by atoms with E-state index in [2.05, 4.69) is 15.6 Å². The van der Waals surface area contributed by atoms with Crippen LogP contribution in [0.5, 0.6) is 0 Å². The molecular weight excluding hydrogens is 473 g/mol. The molecule has 2 N–H and O–H groups in total. The van der Waals surface area contributed by atoms with E-state index in [4.69, 9.17) is 12.2 Å². The summed E-state index contributed by atoms with van der Waals surface area (Å²) >= 11 is 5.74. The molecule has 1 amide bonds. The van der Waals surface area contributed by atoms with E-state index in [0.29, 0.717) is 17.3 Å². The number of halogens is 1. The third-order valence-corrected chi connectivity index (χ3v) is 6.72. The molecule has 0 spiro atoms. The lowest BCUT2D eigenvalue weighted by atomic mass is 10.0.